The SMILES string of the molecule is CCOC(=O)c1ccccc1Nc1ccnc(Nc2c(C)cccc2C(C)C)n1. The maximum atomic E-state index is 12.2. The van der Waals surface area contributed by atoms with Crippen LogP contribution in [0.25, 0.3) is 0 Å². The van der Waals surface area contributed by atoms with Gasteiger partial charge in [-0.3, -0.25) is 0 Å². The van der Waals surface area contributed by atoms with Crippen LogP contribution in [0.4, 0.5) is 23.1 Å². The third-order valence-electron chi connectivity index (χ3n) is 4.50. The lowest BCUT2D eigenvalue weighted by Gasteiger charge is -2.17. The van der Waals surface area contributed by atoms with Gasteiger partial charge in [0.05, 0.1) is 17.9 Å². The monoisotopic (exact) mass is 390 g/mol. The molecule has 0 saturated carbocycles. The Bertz CT molecular complexity index is 1000. The van der Waals surface area contributed by atoms with Crippen molar-refractivity contribution in [2.75, 3.05) is 17.2 Å². The second kappa shape index (κ2) is 9.19. The van der Waals surface area contributed by atoms with Gasteiger partial charge in [-0.1, -0.05) is 44.2 Å². The molecule has 150 valence electrons. The zero-order valence-electron chi connectivity index (χ0n) is 17.2. The van der Waals surface area contributed by atoms with Crippen molar-refractivity contribution >= 4 is 29.1 Å². The molecule has 6 nitrogen and oxygen atoms in total. The van der Waals surface area contributed by atoms with Gasteiger partial charge in [0.15, 0.2) is 0 Å². The highest BCUT2D eigenvalue weighted by molar-refractivity contribution is 5.96. The first kappa shape index (κ1) is 20.3. The molecule has 0 radical (unpaired) electrons. The molecule has 1 aromatic heterocycles. The molecule has 0 spiro atoms. The fraction of sp³-hybridized carbons (Fsp3) is 0.261. The van der Waals surface area contributed by atoms with E-state index in [4.69, 9.17) is 4.74 Å². The average Bonchev–Trinajstić information content (AvgIpc) is 2.70. The number of anilines is 4. The molecule has 0 aliphatic carbocycles. The van der Waals surface area contributed by atoms with Crippen LogP contribution in [0.15, 0.2) is 54.7 Å². The Kier molecular flexibility index (Phi) is 6.44. The second-order valence-corrected chi connectivity index (χ2v) is 6.98. The number of aromatic nitrogens is 2. The molecule has 2 N–H and O–H groups in total. The lowest BCUT2D eigenvalue weighted by Crippen LogP contribution is -2.09. The summed E-state index contributed by atoms with van der Waals surface area (Å²) in [5, 5.41) is 6.55. The molecular weight excluding hydrogens is 364 g/mol. The van der Waals surface area contributed by atoms with E-state index in [9.17, 15) is 4.79 Å². The van der Waals surface area contributed by atoms with Crippen LogP contribution >= 0.6 is 0 Å². The Morgan fingerprint density at radius 3 is 2.62 bits per heavy atom. The van der Waals surface area contributed by atoms with Crippen molar-refractivity contribution in [1.29, 1.82) is 0 Å². The maximum Gasteiger partial charge on any atom is 0.340 e. The molecule has 0 bridgehead atoms. The molecule has 6 heteroatoms. The minimum Gasteiger partial charge on any atom is -0.462 e. The molecule has 0 saturated heterocycles. The molecule has 0 atom stereocenters. The maximum absolute atomic E-state index is 12.2. The number of hydrogen-bond acceptors (Lipinski definition) is 6. The van der Waals surface area contributed by atoms with E-state index >= 15 is 0 Å². The topological polar surface area (TPSA) is 76.1 Å². The van der Waals surface area contributed by atoms with Crippen LogP contribution in [0.1, 0.15) is 48.2 Å². The van der Waals surface area contributed by atoms with E-state index in [-0.39, 0.29) is 5.97 Å². The van der Waals surface area contributed by atoms with E-state index in [1.807, 2.05) is 12.1 Å². The van der Waals surface area contributed by atoms with Crippen molar-refractivity contribution in [2.45, 2.75) is 33.6 Å². The lowest BCUT2D eigenvalue weighted by atomic mass is 9.98. The summed E-state index contributed by atoms with van der Waals surface area (Å²) in [4.78, 5) is 21.1. The van der Waals surface area contributed by atoms with Gasteiger partial charge in [-0.05, 0) is 49.1 Å². The summed E-state index contributed by atoms with van der Waals surface area (Å²) in [6.07, 6.45) is 1.68. The summed E-state index contributed by atoms with van der Waals surface area (Å²) >= 11 is 0. The number of benzene rings is 2. The molecule has 2 aromatic carbocycles. The number of carbonyl (C=O) groups is 1. The van der Waals surface area contributed by atoms with E-state index in [0.29, 0.717) is 35.5 Å². The highest BCUT2D eigenvalue weighted by Crippen LogP contribution is 2.29. The highest BCUT2D eigenvalue weighted by Gasteiger charge is 2.14. The fourth-order valence-electron chi connectivity index (χ4n) is 3.06. The number of nitrogens with zero attached hydrogens (tertiary/aromatic N) is 2. The smallest absolute Gasteiger partial charge is 0.340 e. The lowest BCUT2D eigenvalue weighted by molar-refractivity contribution is 0.0527. The number of carbonyl (C=O) groups excluding carboxylic acids is 1. The first-order valence-corrected chi connectivity index (χ1v) is 9.72. The summed E-state index contributed by atoms with van der Waals surface area (Å²) in [6, 6.07) is 15.2. The first-order chi connectivity index (χ1) is 14.0. The predicted octanol–water partition coefficient (Wildman–Crippen LogP) is 5.57. The van der Waals surface area contributed by atoms with Gasteiger partial charge < -0.3 is 15.4 Å². The third-order valence-corrected chi connectivity index (χ3v) is 4.50. The van der Waals surface area contributed by atoms with Crippen LogP contribution in [0.5, 0.6) is 0 Å². The molecule has 3 aromatic rings. The molecule has 29 heavy (non-hydrogen) atoms. The Morgan fingerprint density at radius 2 is 1.86 bits per heavy atom. The van der Waals surface area contributed by atoms with Gasteiger partial charge >= 0.3 is 5.97 Å². The highest BCUT2D eigenvalue weighted by atomic mass is 16.5. The van der Waals surface area contributed by atoms with Crippen molar-refractivity contribution < 1.29 is 9.53 Å². The zero-order valence-corrected chi connectivity index (χ0v) is 17.2. The molecule has 0 unspecified atom stereocenters. The van der Waals surface area contributed by atoms with Crippen molar-refractivity contribution in [3.05, 3.63) is 71.4 Å². The number of aryl methyl sites for hydroxylation is 1. The van der Waals surface area contributed by atoms with Crippen LogP contribution in [0, 0.1) is 6.92 Å². The standard InChI is InChI=1S/C23H26N4O2/c1-5-29-22(28)18-10-6-7-12-19(18)25-20-13-14-24-23(26-20)27-21-16(4)9-8-11-17(21)15(2)3/h6-15H,5H2,1-4H3,(H2,24,25,26,27). The van der Waals surface area contributed by atoms with Gasteiger partial charge in [0.2, 0.25) is 5.95 Å². The summed E-state index contributed by atoms with van der Waals surface area (Å²) < 4.78 is 5.13. The van der Waals surface area contributed by atoms with Crippen LogP contribution < -0.4 is 10.6 Å². The van der Waals surface area contributed by atoms with Gasteiger partial charge in [0, 0.05) is 11.9 Å². The van der Waals surface area contributed by atoms with E-state index in [1.165, 1.54) is 5.56 Å². The van der Waals surface area contributed by atoms with E-state index < -0.39 is 0 Å². The Labute approximate surface area is 171 Å². The Hall–Kier alpha value is -3.41. The number of nitrogens with one attached hydrogen (secondary N) is 2. The minimum atomic E-state index is -0.371. The largest absolute Gasteiger partial charge is 0.462 e. The first-order valence-electron chi connectivity index (χ1n) is 9.72. The van der Waals surface area contributed by atoms with Crippen molar-refractivity contribution in [3.8, 4) is 0 Å². The van der Waals surface area contributed by atoms with Crippen LogP contribution in [0.2, 0.25) is 0 Å². The molecule has 0 aliphatic heterocycles. The van der Waals surface area contributed by atoms with Gasteiger partial charge in [-0.15, -0.1) is 0 Å². The van der Waals surface area contributed by atoms with Crippen LogP contribution in [-0.4, -0.2) is 22.5 Å². The Morgan fingerprint density at radius 1 is 1.07 bits per heavy atom. The van der Waals surface area contributed by atoms with Crippen LogP contribution in [0.3, 0.4) is 0 Å². The normalized spacial score (nSPS) is 10.7. The van der Waals surface area contributed by atoms with Gasteiger partial charge in [-0.25, -0.2) is 9.78 Å². The molecule has 3 rings (SSSR count). The van der Waals surface area contributed by atoms with Crippen molar-refractivity contribution in [2.24, 2.45) is 0 Å². The predicted molar refractivity (Wildman–Crippen MR) is 116 cm³/mol. The number of esters is 1. The zero-order chi connectivity index (χ0) is 20.8. The third kappa shape index (κ3) is 4.90. The summed E-state index contributed by atoms with van der Waals surface area (Å²) in [5.41, 5.74) is 4.45. The summed E-state index contributed by atoms with van der Waals surface area (Å²) in [6.45, 7) is 8.48. The minimum absolute atomic E-state index is 0.323. The molecule has 0 aliphatic rings. The molecule has 1 heterocycles. The van der Waals surface area contributed by atoms with E-state index in [2.05, 4.69) is 59.6 Å². The van der Waals surface area contributed by atoms with Crippen LogP contribution in [-0.2, 0) is 4.74 Å². The molecule has 0 amide bonds. The number of rotatable bonds is 7. The molecular formula is C23H26N4O2. The average molecular weight is 390 g/mol. The van der Waals surface area contributed by atoms with Gasteiger partial charge in [-0.2, -0.15) is 4.98 Å². The Balaban J connectivity index is 1.87. The molecule has 0 fully saturated rings. The van der Waals surface area contributed by atoms with Gasteiger partial charge in [0.1, 0.15) is 5.82 Å². The van der Waals surface area contributed by atoms with Gasteiger partial charge in [0.25, 0.3) is 0 Å². The van der Waals surface area contributed by atoms with Crippen molar-refractivity contribution in [3.63, 3.8) is 0 Å². The summed E-state index contributed by atoms with van der Waals surface area (Å²) in [7, 11) is 0. The second-order valence-electron chi connectivity index (χ2n) is 6.98. The summed E-state index contributed by atoms with van der Waals surface area (Å²) in [5.74, 6) is 1.07. The van der Waals surface area contributed by atoms with Crippen molar-refractivity contribution in [1.82, 2.24) is 9.97 Å². The van der Waals surface area contributed by atoms with E-state index in [1.54, 1.807) is 31.3 Å². The van der Waals surface area contributed by atoms with E-state index in [0.717, 1.165) is 11.3 Å². The number of hydrogen-bond donors (Lipinski definition) is 2. The quantitative estimate of drug-likeness (QED) is 0.514. The fourth-order valence-corrected chi connectivity index (χ4v) is 3.06. The number of para-hydroxylation sites is 2. The number of ether oxygens (including phenoxy) is 1.